The van der Waals surface area contributed by atoms with Gasteiger partial charge in [0.05, 0.1) is 13.7 Å². The van der Waals surface area contributed by atoms with E-state index in [0.29, 0.717) is 13.0 Å². The Morgan fingerprint density at radius 3 is 2.39 bits per heavy atom. The summed E-state index contributed by atoms with van der Waals surface area (Å²) in [5, 5.41) is 0. The van der Waals surface area contributed by atoms with Gasteiger partial charge in [-0.3, -0.25) is 4.79 Å². The van der Waals surface area contributed by atoms with Crippen molar-refractivity contribution in [2.24, 2.45) is 0 Å². The molecule has 0 bridgehead atoms. The Morgan fingerprint density at radius 2 is 1.78 bits per heavy atom. The van der Waals surface area contributed by atoms with Crippen LogP contribution in [0.3, 0.4) is 0 Å². The molecule has 120 valence electrons. The third-order valence-corrected chi connectivity index (χ3v) is 3.54. The molecule has 2 aromatic carbocycles. The molecule has 0 radical (unpaired) electrons. The van der Waals surface area contributed by atoms with Crippen molar-refractivity contribution in [1.82, 2.24) is 4.90 Å². The first-order chi connectivity index (χ1) is 11.2. The number of amides is 1. The molecular weight excluding hydrogens is 286 g/mol. The van der Waals surface area contributed by atoms with Crippen LogP contribution in [0.5, 0.6) is 5.75 Å². The van der Waals surface area contributed by atoms with Crippen molar-refractivity contribution >= 4 is 12.0 Å². The van der Waals surface area contributed by atoms with E-state index in [-0.39, 0.29) is 5.91 Å². The predicted molar refractivity (Wildman–Crippen MR) is 93.9 cm³/mol. The molecule has 0 unspecified atom stereocenters. The molecule has 0 spiro atoms. The van der Waals surface area contributed by atoms with Crippen molar-refractivity contribution in [2.75, 3.05) is 7.11 Å². The van der Waals surface area contributed by atoms with Gasteiger partial charge in [0.15, 0.2) is 0 Å². The molecule has 0 N–H and O–H groups in total. The zero-order valence-corrected chi connectivity index (χ0v) is 13.7. The minimum absolute atomic E-state index is 0.135. The lowest BCUT2D eigenvalue weighted by Gasteiger charge is -2.18. The van der Waals surface area contributed by atoms with Gasteiger partial charge in [0.2, 0.25) is 5.91 Å². The lowest BCUT2D eigenvalue weighted by Crippen LogP contribution is -2.24. The zero-order chi connectivity index (χ0) is 16.5. The van der Waals surface area contributed by atoms with E-state index in [1.165, 1.54) is 0 Å². The lowest BCUT2D eigenvalue weighted by molar-refractivity contribution is -0.129. The van der Waals surface area contributed by atoms with Crippen LogP contribution in [0.25, 0.3) is 6.08 Å². The quantitative estimate of drug-likeness (QED) is 0.754. The highest BCUT2D eigenvalue weighted by atomic mass is 16.5. The van der Waals surface area contributed by atoms with E-state index in [9.17, 15) is 4.79 Å². The van der Waals surface area contributed by atoms with Crippen molar-refractivity contribution < 1.29 is 9.53 Å². The molecule has 0 aliphatic heterocycles. The molecule has 0 saturated carbocycles. The molecule has 0 atom stereocenters. The lowest BCUT2D eigenvalue weighted by atomic mass is 10.2. The van der Waals surface area contributed by atoms with Crippen LogP contribution in [0.15, 0.2) is 60.8 Å². The molecule has 1 amide bonds. The summed E-state index contributed by atoms with van der Waals surface area (Å²) in [6, 6.07) is 17.8. The van der Waals surface area contributed by atoms with Crippen LogP contribution in [0.2, 0.25) is 0 Å². The first-order valence-electron chi connectivity index (χ1n) is 7.88. The van der Waals surface area contributed by atoms with Gasteiger partial charge >= 0.3 is 0 Å². The summed E-state index contributed by atoms with van der Waals surface area (Å²) in [5.41, 5.74) is 2.16. The van der Waals surface area contributed by atoms with E-state index in [0.717, 1.165) is 23.3 Å². The normalized spacial score (nSPS) is 10.7. The van der Waals surface area contributed by atoms with Crippen molar-refractivity contribution in [3.05, 3.63) is 71.9 Å². The minimum Gasteiger partial charge on any atom is -0.497 e. The fourth-order valence-electron chi connectivity index (χ4n) is 2.25. The number of methoxy groups -OCH3 is 1. The van der Waals surface area contributed by atoms with Gasteiger partial charge in [0.25, 0.3) is 0 Å². The molecule has 2 rings (SSSR count). The molecule has 23 heavy (non-hydrogen) atoms. The number of ether oxygens (including phenoxy) is 1. The first kappa shape index (κ1) is 16.8. The highest BCUT2D eigenvalue weighted by Crippen LogP contribution is 2.15. The Morgan fingerprint density at radius 1 is 1.09 bits per heavy atom. The highest BCUT2D eigenvalue weighted by molar-refractivity contribution is 5.78. The van der Waals surface area contributed by atoms with Gasteiger partial charge in [-0.15, -0.1) is 0 Å². The summed E-state index contributed by atoms with van der Waals surface area (Å²) in [4.78, 5) is 14.1. The maximum absolute atomic E-state index is 12.3. The Bertz CT molecular complexity index is 632. The number of carbonyl (C=O) groups is 1. The second kappa shape index (κ2) is 8.79. The van der Waals surface area contributed by atoms with E-state index < -0.39 is 0 Å². The largest absolute Gasteiger partial charge is 0.497 e. The monoisotopic (exact) mass is 309 g/mol. The maximum Gasteiger partial charge on any atom is 0.226 e. The second-order valence-corrected chi connectivity index (χ2v) is 5.35. The third kappa shape index (κ3) is 5.29. The second-order valence-electron chi connectivity index (χ2n) is 5.35. The van der Waals surface area contributed by atoms with Gasteiger partial charge in [-0.2, -0.15) is 0 Å². The van der Waals surface area contributed by atoms with Crippen molar-refractivity contribution in [1.29, 1.82) is 0 Å². The van der Waals surface area contributed by atoms with Crippen LogP contribution in [0, 0.1) is 0 Å². The molecule has 0 aliphatic rings. The first-order valence-corrected chi connectivity index (χ1v) is 7.88. The molecule has 0 aromatic heterocycles. The third-order valence-electron chi connectivity index (χ3n) is 3.54. The molecule has 0 aliphatic carbocycles. The smallest absolute Gasteiger partial charge is 0.226 e. The molecule has 2 aromatic rings. The van der Waals surface area contributed by atoms with Crippen molar-refractivity contribution in [3.63, 3.8) is 0 Å². The fourth-order valence-corrected chi connectivity index (χ4v) is 2.25. The van der Waals surface area contributed by atoms with Gasteiger partial charge in [-0.1, -0.05) is 49.4 Å². The van der Waals surface area contributed by atoms with Crippen LogP contribution < -0.4 is 4.74 Å². The summed E-state index contributed by atoms with van der Waals surface area (Å²) in [6.45, 7) is 2.58. The molecule has 3 nitrogen and oxygen atoms in total. The Kier molecular flexibility index (Phi) is 6.42. The summed E-state index contributed by atoms with van der Waals surface area (Å²) in [7, 11) is 1.65. The number of hydrogen-bond acceptors (Lipinski definition) is 2. The maximum atomic E-state index is 12.3. The fraction of sp³-hybridized carbons (Fsp3) is 0.250. The molecule has 3 heteroatoms. The molecular formula is C20H23NO2. The van der Waals surface area contributed by atoms with Crippen LogP contribution in [0.4, 0.5) is 0 Å². The highest BCUT2D eigenvalue weighted by Gasteiger charge is 2.10. The van der Waals surface area contributed by atoms with Crippen LogP contribution in [-0.2, 0) is 11.3 Å². The topological polar surface area (TPSA) is 29.5 Å². The van der Waals surface area contributed by atoms with Gasteiger partial charge in [-0.05, 0) is 35.8 Å². The number of carbonyl (C=O) groups excluding carboxylic acids is 1. The van der Waals surface area contributed by atoms with Gasteiger partial charge in [0.1, 0.15) is 5.75 Å². The average Bonchev–Trinajstić information content (AvgIpc) is 2.60. The molecule has 0 heterocycles. The minimum atomic E-state index is 0.135. The van der Waals surface area contributed by atoms with Gasteiger partial charge < -0.3 is 9.64 Å². The van der Waals surface area contributed by atoms with E-state index in [1.54, 1.807) is 12.0 Å². The van der Waals surface area contributed by atoms with Crippen LogP contribution >= 0.6 is 0 Å². The number of hydrogen-bond donors (Lipinski definition) is 0. The number of benzene rings is 2. The standard InChI is InChI=1S/C20H23NO2/c1-3-7-20(22)21(15-14-17-8-5-4-6-9-17)16-18-10-12-19(23-2)13-11-18/h4-6,8-15H,3,7,16H2,1-2H3. The average molecular weight is 309 g/mol. The molecule has 0 fully saturated rings. The van der Waals surface area contributed by atoms with Crippen LogP contribution in [0.1, 0.15) is 30.9 Å². The van der Waals surface area contributed by atoms with Gasteiger partial charge in [-0.25, -0.2) is 0 Å². The summed E-state index contributed by atoms with van der Waals surface area (Å²) < 4.78 is 5.17. The molecule has 0 saturated heterocycles. The van der Waals surface area contributed by atoms with Gasteiger partial charge in [0, 0.05) is 12.6 Å². The zero-order valence-electron chi connectivity index (χ0n) is 13.7. The predicted octanol–water partition coefficient (Wildman–Crippen LogP) is 4.49. The Hall–Kier alpha value is -2.55. The number of nitrogens with zero attached hydrogens (tertiary/aromatic N) is 1. The summed E-state index contributed by atoms with van der Waals surface area (Å²) in [5.74, 6) is 0.954. The van der Waals surface area contributed by atoms with Crippen LogP contribution in [-0.4, -0.2) is 17.9 Å². The van der Waals surface area contributed by atoms with E-state index in [2.05, 4.69) is 0 Å². The summed E-state index contributed by atoms with van der Waals surface area (Å²) in [6.07, 6.45) is 5.24. The van der Waals surface area contributed by atoms with E-state index in [1.807, 2.05) is 73.8 Å². The number of rotatable bonds is 7. The van der Waals surface area contributed by atoms with Crippen molar-refractivity contribution in [2.45, 2.75) is 26.3 Å². The SMILES string of the molecule is CCCC(=O)N(C=Cc1ccccc1)Cc1ccc(OC)cc1. The Balaban J connectivity index is 2.13. The van der Waals surface area contributed by atoms with Crippen molar-refractivity contribution in [3.8, 4) is 5.75 Å². The summed E-state index contributed by atoms with van der Waals surface area (Å²) >= 11 is 0. The van der Waals surface area contributed by atoms with E-state index in [4.69, 9.17) is 4.74 Å². The Labute approximate surface area is 138 Å². The van der Waals surface area contributed by atoms with E-state index >= 15 is 0 Å².